The second-order valence-electron chi connectivity index (χ2n) is 13.1. The largest absolute Gasteiger partial charge is 0.463 e. The summed E-state index contributed by atoms with van der Waals surface area (Å²) in [4.78, 5) is 14.3. The molecular formula is C35H38ClFN4O. The predicted molar refractivity (Wildman–Crippen MR) is 170 cm³/mol. The summed E-state index contributed by atoms with van der Waals surface area (Å²) in [5.74, 6) is 1.22. The summed E-state index contributed by atoms with van der Waals surface area (Å²) in [6, 6.07) is 14.5. The van der Waals surface area contributed by atoms with Gasteiger partial charge in [0.1, 0.15) is 11.3 Å². The summed E-state index contributed by atoms with van der Waals surface area (Å²) >= 11 is 6.99. The zero-order chi connectivity index (χ0) is 29.2. The van der Waals surface area contributed by atoms with Gasteiger partial charge in [-0.05, 0) is 92.9 Å². The number of rotatable bonds is 8. The quantitative estimate of drug-likeness (QED) is 0.196. The molecule has 7 heteroatoms. The van der Waals surface area contributed by atoms with Crippen molar-refractivity contribution in [3.8, 4) is 17.1 Å². The van der Waals surface area contributed by atoms with E-state index >= 15 is 4.39 Å². The van der Waals surface area contributed by atoms with Crippen LogP contribution in [0, 0.1) is 30.0 Å². The SMILES string of the molecule is C=C[C@H]1C[C@H]2CC[C@@H]1N(c1nc(OCC3(CN(C)C)CC3)nc3c(F)c(-c4cc(C)cc5ccccc45)c(Cl)cc13)C2. The standard InChI is InChI=1S/C35H38ClFN4O/c1-5-23-16-22-10-11-29(23)41(18-22)33-27-17-28(36)30(26-15-21(2)14-24-8-6-7-9-25(24)26)31(37)32(27)38-34(39-33)42-20-35(12-13-35)19-40(3)4/h5-9,14-15,17,22-23,29H,1,10-13,16,18-20H2,2-4H3/t22-,23+,29+/m1/s1. The molecule has 2 saturated heterocycles. The van der Waals surface area contributed by atoms with Crippen molar-refractivity contribution in [2.45, 2.75) is 45.1 Å². The number of benzene rings is 3. The fraction of sp³-hybridized carbons (Fsp3) is 0.429. The molecule has 4 aromatic rings. The lowest BCUT2D eigenvalue weighted by molar-refractivity contribution is 0.182. The first-order valence-electron chi connectivity index (χ1n) is 15.1. The maximum atomic E-state index is 16.9. The van der Waals surface area contributed by atoms with Crippen molar-refractivity contribution in [3.63, 3.8) is 0 Å². The van der Waals surface area contributed by atoms with Gasteiger partial charge >= 0.3 is 6.01 Å². The Bertz CT molecular complexity index is 1700. The molecule has 42 heavy (non-hydrogen) atoms. The Balaban J connectivity index is 1.40. The number of halogens is 2. The van der Waals surface area contributed by atoms with E-state index in [9.17, 15) is 0 Å². The fourth-order valence-corrected chi connectivity index (χ4v) is 7.81. The van der Waals surface area contributed by atoms with Crippen LogP contribution in [0.25, 0.3) is 32.8 Å². The molecule has 2 bridgehead atoms. The molecule has 0 N–H and O–H groups in total. The van der Waals surface area contributed by atoms with Gasteiger partial charge < -0.3 is 14.5 Å². The second-order valence-corrected chi connectivity index (χ2v) is 13.5. The Morgan fingerprint density at radius 2 is 1.95 bits per heavy atom. The van der Waals surface area contributed by atoms with E-state index in [-0.39, 0.29) is 23.0 Å². The van der Waals surface area contributed by atoms with E-state index in [1.54, 1.807) is 0 Å². The van der Waals surface area contributed by atoms with Crippen LogP contribution in [0.15, 0.2) is 55.1 Å². The first-order valence-corrected chi connectivity index (χ1v) is 15.5. The molecule has 8 rings (SSSR count). The number of hydrogen-bond donors (Lipinski definition) is 0. The number of hydrogen-bond acceptors (Lipinski definition) is 5. The second kappa shape index (κ2) is 10.5. The number of fused-ring (bicyclic) bond motifs is 5. The molecule has 5 nitrogen and oxygen atoms in total. The van der Waals surface area contributed by atoms with Gasteiger partial charge in [0, 0.05) is 35.5 Å². The molecule has 2 aliphatic carbocycles. The minimum atomic E-state index is -0.432. The smallest absolute Gasteiger partial charge is 0.319 e. The normalized spacial score (nSPS) is 22.7. The van der Waals surface area contributed by atoms with Crippen LogP contribution >= 0.6 is 11.6 Å². The van der Waals surface area contributed by atoms with Gasteiger partial charge in [0.25, 0.3) is 0 Å². The molecule has 0 radical (unpaired) electrons. The summed E-state index contributed by atoms with van der Waals surface area (Å²) < 4.78 is 23.3. The maximum absolute atomic E-state index is 16.9. The van der Waals surface area contributed by atoms with E-state index in [1.165, 1.54) is 6.42 Å². The molecule has 218 valence electrons. The van der Waals surface area contributed by atoms with Gasteiger partial charge in [-0.2, -0.15) is 9.97 Å². The van der Waals surface area contributed by atoms with E-state index in [4.69, 9.17) is 26.3 Å². The van der Waals surface area contributed by atoms with Gasteiger partial charge in [0.2, 0.25) is 0 Å². The van der Waals surface area contributed by atoms with E-state index < -0.39 is 5.82 Å². The Hall–Kier alpha value is -3.22. The van der Waals surface area contributed by atoms with Gasteiger partial charge in [-0.3, -0.25) is 0 Å². The maximum Gasteiger partial charge on any atom is 0.319 e. The third-order valence-corrected chi connectivity index (χ3v) is 9.93. The van der Waals surface area contributed by atoms with Crippen LogP contribution < -0.4 is 9.64 Å². The molecule has 2 aliphatic heterocycles. The fourth-order valence-electron chi connectivity index (χ4n) is 7.51. The van der Waals surface area contributed by atoms with Gasteiger partial charge in [-0.1, -0.05) is 54.1 Å². The van der Waals surface area contributed by atoms with Crippen molar-refractivity contribution >= 4 is 39.1 Å². The zero-order valence-corrected chi connectivity index (χ0v) is 25.4. The zero-order valence-electron chi connectivity index (χ0n) is 24.7. The third kappa shape index (κ3) is 4.83. The molecule has 3 atom stereocenters. The van der Waals surface area contributed by atoms with Crippen molar-refractivity contribution in [3.05, 3.63) is 71.5 Å². The predicted octanol–water partition coefficient (Wildman–Crippen LogP) is 8.06. The third-order valence-electron chi connectivity index (χ3n) is 9.63. The van der Waals surface area contributed by atoms with Gasteiger partial charge in [-0.15, -0.1) is 6.58 Å². The first-order chi connectivity index (χ1) is 20.2. The highest BCUT2D eigenvalue weighted by atomic mass is 35.5. The summed E-state index contributed by atoms with van der Waals surface area (Å²) in [5, 5.41) is 3.00. The van der Waals surface area contributed by atoms with Crippen LogP contribution in [0.4, 0.5) is 10.2 Å². The van der Waals surface area contributed by atoms with Crippen molar-refractivity contribution in [1.29, 1.82) is 0 Å². The van der Waals surface area contributed by atoms with Crippen LogP contribution in [0.3, 0.4) is 0 Å². The molecule has 0 amide bonds. The average molecular weight is 585 g/mol. The molecule has 0 unspecified atom stereocenters. The number of ether oxygens (including phenoxy) is 1. The number of aromatic nitrogens is 2. The monoisotopic (exact) mass is 584 g/mol. The summed E-state index contributed by atoms with van der Waals surface area (Å²) in [6.45, 7) is 8.50. The average Bonchev–Trinajstić information content (AvgIpc) is 3.74. The summed E-state index contributed by atoms with van der Waals surface area (Å²) in [5.41, 5.74) is 2.54. The van der Waals surface area contributed by atoms with Crippen molar-refractivity contribution in [2.24, 2.45) is 17.3 Å². The number of piperidine rings is 2. The minimum Gasteiger partial charge on any atom is -0.463 e. The lowest BCUT2D eigenvalue weighted by atomic mass is 9.72. The highest BCUT2D eigenvalue weighted by Gasteiger charge is 2.44. The topological polar surface area (TPSA) is 41.5 Å². The van der Waals surface area contributed by atoms with Crippen LogP contribution in [-0.2, 0) is 0 Å². The first kappa shape index (κ1) is 27.6. The van der Waals surface area contributed by atoms with Crippen molar-refractivity contribution in [2.75, 3.05) is 38.7 Å². The lowest BCUT2D eigenvalue weighted by Crippen LogP contribution is -2.53. The Morgan fingerprint density at radius 1 is 1.14 bits per heavy atom. The Labute approximate surface area is 252 Å². The molecule has 4 fully saturated rings. The van der Waals surface area contributed by atoms with Crippen molar-refractivity contribution in [1.82, 2.24) is 14.9 Å². The molecular weight excluding hydrogens is 547 g/mol. The lowest BCUT2D eigenvalue weighted by Gasteiger charge is -2.50. The minimum absolute atomic E-state index is 0.101. The number of anilines is 1. The molecule has 4 aliphatic rings. The highest BCUT2D eigenvalue weighted by Crippen LogP contribution is 2.48. The van der Waals surface area contributed by atoms with E-state index in [0.29, 0.717) is 34.4 Å². The highest BCUT2D eigenvalue weighted by molar-refractivity contribution is 6.35. The van der Waals surface area contributed by atoms with Crippen molar-refractivity contribution < 1.29 is 9.13 Å². The summed E-state index contributed by atoms with van der Waals surface area (Å²) in [6.07, 6.45) is 7.71. The Morgan fingerprint density at radius 3 is 2.69 bits per heavy atom. The van der Waals surface area contributed by atoms with Crippen LogP contribution in [0.1, 0.15) is 37.7 Å². The Kier molecular flexibility index (Phi) is 6.90. The molecule has 2 saturated carbocycles. The van der Waals surface area contributed by atoms with Gasteiger partial charge in [0.15, 0.2) is 5.82 Å². The van der Waals surface area contributed by atoms with Crippen LogP contribution in [-0.4, -0.2) is 54.7 Å². The molecule has 0 spiro atoms. The van der Waals surface area contributed by atoms with Crippen LogP contribution in [0.5, 0.6) is 6.01 Å². The molecule has 3 heterocycles. The van der Waals surface area contributed by atoms with E-state index in [2.05, 4.69) is 42.6 Å². The van der Waals surface area contributed by atoms with E-state index in [1.807, 2.05) is 43.3 Å². The van der Waals surface area contributed by atoms with Gasteiger partial charge in [0.05, 0.1) is 11.6 Å². The van der Waals surface area contributed by atoms with Gasteiger partial charge in [-0.25, -0.2) is 4.39 Å². The summed E-state index contributed by atoms with van der Waals surface area (Å²) in [7, 11) is 4.17. The molecule has 1 aromatic heterocycles. The number of nitrogens with zero attached hydrogens (tertiary/aromatic N) is 4. The molecule has 3 aromatic carbocycles. The number of aryl methyl sites for hydroxylation is 1. The van der Waals surface area contributed by atoms with Crippen LogP contribution in [0.2, 0.25) is 5.02 Å². The van der Waals surface area contributed by atoms with E-state index in [0.717, 1.165) is 66.5 Å².